The highest BCUT2D eigenvalue weighted by Gasteiger charge is 2.58. The van der Waals surface area contributed by atoms with Crippen LogP contribution in [-0.2, 0) is 14.9 Å². The van der Waals surface area contributed by atoms with Crippen LogP contribution >= 0.6 is 0 Å². The first-order chi connectivity index (χ1) is 9.89. The van der Waals surface area contributed by atoms with Gasteiger partial charge in [0, 0.05) is 19.9 Å². The summed E-state index contributed by atoms with van der Waals surface area (Å²) in [5.74, 6) is -3.26. The summed E-state index contributed by atoms with van der Waals surface area (Å²) in [5, 5.41) is 2.25. The molecule has 1 aliphatic rings. The topological polar surface area (TPSA) is 109 Å². The Morgan fingerprint density at radius 1 is 1.27 bits per heavy atom. The zero-order valence-electron chi connectivity index (χ0n) is 12.1. The van der Waals surface area contributed by atoms with Crippen molar-refractivity contribution in [2.75, 3.05) is 7.05 Å². The predicted molar refractivity (Wildman–Crippen MR) is 76.2 cm³/mol. The second-order valence-corrected chi connectivity index (χ2v) is 6.65. The highest BCUT2D eigenvalue weighted by Crippen LogP contribution is 2.43. The van der Waals surface area contributed by atoms with E-state index in [1.807, 2.05) is 6.92 Å². The number of nitrogens with two attached hydrogens (primary N) is 1. The van der Waals surface area contributed by atoms with Gasteiger partial charge in [0.2, 0.25) is 5.91 Å². The van der Waals surface area contributed by atoms with Gasteiger partial charge in [-0.15, -0.1) is 0 Å². The van der Waals surface area contributed by atoms with Crippen LogP contribution in [0.2, 0.25) is 0 Å². The van der Waals surface area contributed by atoms with Crippen molar-refractivity contribution in [1.29, 1.82) is 0 Å². The Bertz CT molecular complexity index is 637. The van der Waals surface area contributed by atoms with E-state index in [2.05, 4.69) is 5.32 Å². The van der Waals surface area contributed by atoms with Gasteiger partial charge >= 0.3 is 0 Å². The SMILES string of the molecule is CNC(=O)C1(N)CC(F)(F)C1.Cc1ccc(S(=O)(=O)O)cc1. The van der Waals surface area contributed by atoms with Crippen LogP contribution in [0.5, 0.6) is 0 Å². The Labute approximate surface area is 127 Å². The molecule has 1 aromatic carbocycles. The maximum atomic E-state index is 12.3. The molecule has 6 nitrogen and oxygen atoms in total. The Morgan fingerprint density at radius 3 is 2.05 bits per heavy atom. The van der Waals surface area contributed by atoms with E-state index in [1.54, 1.807) is 12.1 Å². The van der Waals surface area contributed by atoms with E-state index in [0.29, 0.717) is 0 Å². The third kappa shape index (κ3) is 4.72. The molecule has 0 spiro atoms. The molecule has 0 heterocycles. The van der Waals surface area contributed by atoms with Gasteiger partial charge in [-0.05, 0) is 19.1 Å². The Balaban J connectivity index is 0.000000220. The fourth-order valence-electron chi connectivity index (χ4n) is 1.99. The largest absolute Gasteiger partial charge is 0.358 e. The Hall–Kier alpha value is -1.58. The number of aryl methyl sites for hydroxylation is 1. The van der Waals surface area contributed by atoms with Crippen molar-refractivity contribution in [3.63, 3.8) is 0 Å². The summed E-state index contributed by atoms with van der Waals surface area (Å²) in [6.07, 6.45) is -1.08. The summed E-state index contributed by atoms with van der Waals surface area (Å²) >= 11 is 0. The zero-order chi connectivity index (χ0) is 17.2. The molecule has 0 radical (unpaired) electrons. The Morgan fingerprint density at radius 2 is 1.73 bits per heavy atom. The molecule has 4 N–H and O–H groups in total. The lowest BCUT2D eigenvalue weighted by molar-refractivity contribution is -0.155. The minimum absolute atomic E-state index is 0.0666. The summed E-state index contributed by atoms with van der Waals surface area (Å²) in [6, 6.07) is 5.99. The van der Waals surface area contributed by atoms with Gasteiger partial charge < -0.3 is 11.1 Å². The molecule has 1 amide bonds. The van der Waals surface area contributed by atoms with Crippen molar-refractivity contribution in [2.45, 2.75) is 36.1 Å². The minimum Gasteiger partial charge on any atom is -0.358 e. The van der Waals surface area contributed by atoms with E-state index in [9.17, 15) is 22.0 Å². The van der Waals surface area contributed by atoms with Crippen LogP contribution in [0.25, 0.3) is 0 Å². The standard InChI is InChI=1S/C7H8O3S.C6H10F2N2O/c1-6-2-4-7(5-3-6)11(8,9)10;1-10-4(11)5(9)2-6(7,8)3-5/h2-5H,1H3,(H,8,9,10);2-3,9H2,1H3,(H,10,11). The average Bonchev–Trinajstić information content (AvgIpc) is 2.35. The highest BCUT2D eigenvalue weighted by molar-refractivity contribution is 7.85. The zero-order valence-corrected chi connectivity index (χ0v) is 13.0. The summed E-state index contributed by atoms with van der Waals surface area (Å²) in [4.78, 5) is 10.8. The average molecular weight is 336 g/mol. The lowest BCUT2D eigenvalue weighted by Crippen LogP contribution is -2.65. The lowest BCUT2D eigenvalue weighted by Gasteiger charge is -2.42. The van der Waals surface area contributed by atoms with E-state index in [1.165, 1.54) is 19.2 Å². The number of hydrogen-bond donors (Lipinski definition) is 3. The van der Waals surface area contributed by atoms with Crippen LogP contribution in [0.3, 0.4) is 0 Å². The molecule has 0 atom stereocenters. The quantitative estimate of drug-likeness (QED) is 0.701. The number of carbonyl (C=O) groups is 1. The van der Waals surface area contributed by atoms with E-state index in [4.69, 9.17) is 10.3 Å². The van der Waals surface area contributed by atoms with Gasteiger partial charge in [0.15, 0.2) is 0 Å². The summed E-state index contributed by atoms with van der Waals surface area (Å²) in [6.45, 7) is 1.84. The Kier molecular flexibility index (Phi) is 5.26. The second kappa shape index (κ2) is 6.27. The molecule has 0 aromatic heterocycles. The molecule has 1 aliphatic carbocycles. The van der Waals surface area contributed by atoms with Gasteiger partial charge in [-0.1, -0.05) is 17.7 Å². The van der Waals surface area contributed by atoms with Crippen LogP contribution in [0.1, 0.15) is 18.4 Å². The molecule has 0 aliphatic heterocycles. The predicted octanol–water partition coefficient (Wildman–Crippen LogP) is 1.10. The van der Waals surface area contributed by atoms with Crippen LogP contribution in [-0.4, -0.2) is 37.4 Å². The molecule has 0 bridgehead atoms. The number of nitrogens with one attached hydrogen (secondary N) is 1. The summed E-state index contributed by atoms with van der Waals surface area (Å²) < 4.78 is 54.1. The van der Waals surface area contributed by atoms with Crippen molar-refractivity contribution in [2.24, 2.45) is 5.73 Å². The third-order valence-electron chi connectivity index (χ3n) is 3.15. The molecule has 1 saturated carbocycles. The van der Waals surface area contributed by atoms with E-state index in [0.717, 1.165) is 5.56 Å². The molecule has 124 valence electrons. The molecule has 0 saturated heterocycles. The molecule has 2 rings (SSSR count). The minimum atomic E-state index is -4.02. The highest BCUT2D eigenvalue weighted by atomic mass is 32.2. The first-order valence-electron chi connectivity index (χ1n) is 6.33. The van der Waals surface area contributed by atoms with E-state index < -0.39 is 40.3 Å². The second-order valence-electron chi connectivity index (χ2n) is 5.23. The number of likely N-dealkylation sites (N-methyl/N-ethyl adjacent to an activating group) is 1. The van der Waals surface area contributed by atoms with Gasteiger partial charge in [0.05, 0.1) is 4.90 Å². The van der Waals surface area contributed by atoms with Crippen LogP contribution < -0.4 is 11.1 Å². The fourth-order valence-corrected chi connectivity index (χ4v) is 2.47. The van der Waals surface area contributed by atoms with Crippen LogP contribution in [0, 0.1) is 6.92 Å². The fraction of sp³-hybridized carbons (Fsp3) is 0.462. The van der Waals surface area contributed by atoms with Crippen molar-refractivity contribution < 1.29 is 26.5 Å². The summed E-state index contributed by atoms with van der Waals surface area (Å²) in [7, 11) is -2.64. The van der Waals surface area contributed by atoms with Gasteiger partial charge in [-0.25, -0.2) is 8.78 Å². The van der Waals surface area contributed by atoms with Gasteiger partial charge in [-0.3, -0.25) is 9.35 Å². The first kappa shape index (κ1) is 18.5. The number of carbonyl (C=O) groups excluding carboxylic acids is 1. The maximum Gasteiger partial charge on any atom is 0.294 e. The molecule has 1 aromatic rings. The lowest BCUT2D eigenvalue weighted by atomic mass is 9.73. The number of benzene rings is 1. The van der Waals surface area contributed by atoms with Crippen molar-refractivity contribution in [3.8, 4) is 0 Å². The van der Waals surface area contributed by atoms with Crippen LogP contribution in [0.4, 0.5) is 8.78 Å². The molecular formula is C13H18F2N2O4S. The summed E-state index contributed by atoms with van der Waals surface area (Å²) in [5.41, 5.74) is 4.96. The number of alkyl halides is 2. The van der Waals surface area contributed by atoms with Gasteiger partial charge in [0.1, 0.15) is 5.54 Å². The molecular weight excluding hydrogens is 318 g/mol. The normalized spacial score (nSPS) is 18.5. The molecule has 22 heavy (non-hydrogen) atoms. The van der Waals surface area contributed by atoms with E-state index in [-0.39, 0.29) is 4.90 Å². The van der Waals surface area contributed by atoms with Crippen molar-refractivity contribution in [3.05, 3.63) is 29.8 Å². The van der Waals surface area contributed by atoms with Gasteiger partial charge in [0.25, 0.3) is 16.0 Å². The van der Waals surface area contributed by atoms with Crippen molar-refractivity contribution >= 4 is 16.0 Å². The third-order valence-corrected chi connectivity index (χ3v) is 4.01. The monoisotopic (exact) mass is 336 g/mol. The smallest absolute Gasteiger partial charge is 0.294 e. The number of amides is 1. The first-order valence-corrected chi connectivity index (χ1v) is 7.77. The molecule has 1 fully saturated rings. The number of halogens is 2. The van der Waals surface area contributed by atoms with Gasteiger partial charge in [-0.2, -0.15) is 8.42 Å². The number of rotatable bonds is 2. The number of hydrogen-bond acceptors (Lipinski definition) is 4. The molecule has 0 unspecified atom stereocenters. The van der Waals surface area contributed by atoms with Crippen molar-refractivity contribution in [1.82, 2.24) is 5.32 Å². The molecule has 9 heteroatoms. The maximum absolute atomic E-state index is 12.3. The van der Waals surface area contributed by atoms with E-state index >= 15 is 0 Å². The van der Waals surface area contributed by atoms with Crippen LogP contribution in [0.15, 0.2) is 29.2 Å².